The molecule has 0 aliphatic carbocycles. The molecule has 0 fully saturated rings. The number of aliphatic hydroxyl groups is 1. The van der Waals surface area contributed by atoms with E-state index in [-0.39, 0.29) is 67.4 Å². The third-order valence-corrected chi connectivity index (χ3v) is 8.52. The summed E-state index contributed by atoms with van der Waals surface area (Å²) in [5.41, 5.74) is -1.61. The van der Waals surface area contributed by atoms with Crippen LogP contribution in [0.3, 0.4) is 0 Å². The Balaban J connectivity index is 2.31. The molecule has 1 atom stereocenters. The van der Waals surface area contributed by atoms with E-state index in [4.69, 9.17) is 16.3 Å². The van der Waals surface area contributed by atoms with Gasteiger partial charge in [0.25, 0.3) is 0 Å². The van der Waals surface area contributed by atoms with Crippen molar-refractivity contribution in [3.8, 4) is 5.75 Å². The number of sulfonamides is 1. The van der Waals surface area contributed by atoms with Gasteiger partial charge in [-0.05, 0) is 41.2 Å². The van der Waals surface area contributed by atoms with Crippen LogP contribution in [0.25, 0.3) is 0 Å². The molecule has 0 saturated carbocycles. The number of benzene rings is 2. The van der Waals surface area contributed by atoms with Crippen LogP contribution in [0.15, 0.2) is 59.5 Å². The lowest BCUT2D eigenvalue weighted by Crippen LogP contribution is -2.55. The molecule has 0 saturated heterocycles. The number of carbonyl (C=O) groups is 2. The minimum Gasteiger partial charge on any atom is -0.497 e. The normalized spacial score (nSPS) is 13.6. The fourth-order valence-corrected chi connectivity index (χ4v) is 6.20. The highest BCUT2D eigenvalue weighted by molar-refractivity contribution is 7.89. The van der Waals surface area contributed by atoms with Gasteiger partial charge in [0.2, 0.25) is 21.8 Å². The molecule has 0 heterocycles. The van der Waals surface area contributed by atoms with Crippen LogP contribution in [-0.4, -0.2) is 68.0 Å². The highest BCUT2D eigenvalue weighted by Gasteiger charge is 2.43. The number of rotatable bonds is 16. The summed E-state index contributed by atoms with van der Waals surface area (Å²) in [6.45, 7) is 7.83. The average Bonchev–Trinajstić information content (AvgIpc) is 2.90. The molecule has 2 rings (SSSR count). The van der Waals surface area contributed by atoms with Crippen molar-refractivity contribution in [2.45, 2.75) is 57.6 Å². The highest BCUT2D eigenvalue weighted by Crippen LogP contribution is 2.31. The van der Waals surface area contributed by atoms with Gasteiger partial charge in [-0.15, -0.1) is 11.6 Å². The average molecular weight is 596 g/mol. The molecular weight excluding hydrogens is 554 g/mol. The minimum atomic E-state index is -4.13. The van der Waals surface area contributed by atoms with Crippen LogP contribution >= 0.6 is 11.6 Å². The van der Waals surface area contributed by atoms with Crippen molar-refractivity contribution in [2.24, 2.45) is 11.3 Å². The van der Waals surface area contributed by atoms with Gasteiger partial charge < -0.3 is 20.5 Å². The van der Waals surface area contributed by atoms with Gasteiger partial charge in [-0.3, -0.25) is 9.59 Å². The van der Waals surface area contributed by atoms with Crippen molar-refractivity contribution in [1.29, 1.82) is 0 Å². The Morgan fingerprint density at radius 2 is 1.65 bits per heavy atom. The van der Waals surface area contributed by atoms with Gasteiger partial charge in [0.1, 0.15) is 17.4 Å². The maximum Gasteiger partial charge on any atom is 0.245 e. The number of ether oxygens (including phenoxy) is 1. The van der Waals surface area contributed by atoms with E-state index in [1.807, 2.05) is 58.0 Å². The molecule has 0 aliphatic rings. The number of alkyl halides is 1. The van der Waals surface area contributed by atoms with E-state index in [9.17, 15) is 23.1 Å². The first-order valence-electron chi connectivity index (χ1n) is 13.2. The van der Waals surface area contributed by atoms with Gasteiger partial charge in [-0.2, -0.15) is 4.31 Å². The Kier molecular flexibility index (Phi) is 12.4. The first kappa shape index (κ1) is 33.5. The zero-order chi connectivity index (χ0) is 30.0. The van der Waals surface area contributed by atoms with Crippen LogP contribution in [0.4, 0.5) is 0 Å². The van der Waals surface area contributed by atoms with E-state index in [0.717, 1.165) is 9.87 Å². The summed E-state index contributed by atoms with van der Waals surface area (Å²) in [4.78, 5) is 24.3. The number of nitrogens with zero attached hydrogens (tertiary/aromatic N) is 1. The molecule has 3 N–H and O–H groups in total. The first-order chi connectivity index (χ1) is 18.7. The number of methoxy groups -OCH3 is 1. The summed E-state index contributed by atoms with van der Waals surface area (Å²) in [6.07, 6.45) is 0.105. The molecule has 0 bridgehead atoms. The molecule has 2 aromatic rings. The lowest BCUT2D eigenvalue weighted by Gasteiger charge is -2.40. The Morgan fingerprint density at radius 1 is 1.02 bits per heavy atom. The Labute approximate surface area is 243 Å². The van der Waals surface area contributed by atoms with Crippen molar-refractivity contribution < 1.29 is 27.9 Å². The summed E-state index contributed by atoms with van der Waals surface area (Å²) in [5.74, 6) is -0.324. The molecule has 40 heavy (non-hydrogen) atoms. The van der Waals surface area contributed by atoms with E-state index >= 15 is 0 Å². The highest BCUT2D eigenvalue weighted by atomic mass is 35.5. The first-order valence-corrected chi connectivity index (χ1v) is 15.2. The standard InChI is InChI=1S/C29H42ClN3O6S/c1-22(2)20-33(40(37,38)25-13-11-24(39-5)12-14-25)29(36,17-23-9-7-6-8-10-23)15-16-31-26(34)18-28(3,4)21-32-27(35)19-30/h6-14,22,36H,15-21H2,1-5H3,(H,31,34)(H,32,35). The van der Waals surface area contributed by atoms with Gasteiger partial charge in [0, 0.05) is 38.9 Å². The predicted octanol–water partition coefficient (Wildman–Crippen LogP) is 3.55. The topological polar surface area (TPSA) is 125 Å². The molecule has 11 heteroatoms. The van der Waals surface area contributed by atoms with Gasteiger partial charge in [-0.25, -0.2) is 8.42 Å². The Bertz CT molecular complexity index is 1210. The molecule has 2 amide bonds. The number of hydrogen-bond acceptors (Lipinski definition) is 6. The minimum absolute atomic E-state index is 0.0295. The Hall–Kier alpha value is -2.66. The number of hydrogen-bond donors (Lipinski definition) is 3. The maximum atomic E-state index is 13.9. The van der Waals surface area contributed by atoms with E-state index < -0.39 is 21.2 Å². The molecule has 0 spiro atoms. The van der Waals surface area contributed by atoms with Gasteiger partial charge >= 0.3 is 0 Å². The molecule has 0 radical (unpaired) electrons. The number of nitrogens with one attached hydrogen (secondary N) is 2. The molecule has 1 unspecified atom stereocenters. The number of halogens is 1. The van der Waals surface area contributed by atoms with Crippen molar-refractivity contribution >= 4 is 33.4 Å². The second kappa shape index (κ2) is 14.8. The summed E-state index contributed by atoms with van der Waals surface area (Å²) >= 11 is 5.53. The quantitative estimate of drug-likeness (QED) is 0.201. The van der Waals surface area contributed by atoms with E-state index in [1.54, 1.807) is 12.1 Å². The Morgan fingerprint density at radius 3 is 2.20 bits per heavy atom. The van der Waals surface area contributed by atoms with Crippen molar-refractivity contribution in [1.82, 2.24) is 14.9 Å². The predicted molar refractivity (Wildman–Crippen MR) is 157 cm³/mol. The lowest BCUT2D eigenvalue weighted by atomic mass is 9.89. The third kappa shape index (κ3) is 10.1. The van der Waals surface area contributed by atoms with E-state index in [2.05, 4.69) is 10.6 Å². The molecule has 222 valence electrons. The largest absolute Gasteiger partial charge is 0.497 e. The second-order valence-corrected chi connectivity index (χ2v) is 13.2. The SMILES string of the molecule is COc1ccc(S(=O)(=O)N(CC(C)C)C(O)(CCNC(=O)CC(C)(C)CNC(=O)CCl)Cc2ccccc2)cc1. The summed E-state index contributed by atoms with van der Waals surface area (Å²) < 4.78 is 34.2. The van der Waals surface area contributed by atoms with Crippen LogP contribution in [0.1, 0.15) is 46.1 Å². The van der Waals surface area contributed by atoms with Crippen molar-refractivity contribution in [3.05, 3.63) is 60.2 Å². The fraction of sp³-hybridized carbons (Fsp3) is 0.517. The van der Waals surface area contributed by atoms with Crippen LogP contribution in [0, 0.1) is 11.3 Å². The fourth-order valence-electron chi connectivity index (χ4n) is 4.27. The molecule has 9 nitrogen and oxygen atoms in total. The van der Waals surface area contributed by atoms with Crippen molar-refractivity contribution in [2.75, 3.05) is 32.6 Å². The van der Waals surface area contributed by atoms with Crippen LogP contribution in [-0.2, 0) is 26.0 Å². The zero-order valence-corrected chi connectivity index (χ0v) is 25.5. The third-order valence-electron chi connectivity index (χ3n) is 6.34. The second-order valence-electron chi connectivity index (χ2n) is 11.1. The van der Waals surface area contributed by atoms with Crippen LogP contribution in [0.5, 0.6) is 5.75 Å². The van der Waals surface area contributed by atoms with Gasteiger partial charge in [0.05, 0.1) is 12.0 Å². The lowest BCUT2D eigenvalue weighted by molar-refractivity contribution is -0.125. The maximum absolute atomic E-state index is 13.9. The summed E-state index contributed by atoms with van der Waals surface area (Å²) in [5, 5.41) is 17.6. The summed E-state index contributed by atoms with van der Waals surface area (Å²) in [7, 11) is -2.63. The molecule has 0 aliphatic heterocycles. The number of carbonyl (C=O) groups excluding carboxylic acids is 2. The van der Waals surface area contributed by atoms with E-state index in [0.29, 0.717) is 5.75 Å². The molecule has 2 aromatic carbocycles. The molecular formula is C29H42ClN3O6S. The zero-order valence-electron chi connectivity index (χ0n) is 23.9. The van der Waals surface area contributed by atoms with Gasteiger partial charge in [-0.1, -0.05) is 58.0 Å². The van der Waals surface area contributed by atoms with Gasteiger partial charge in [0.15, 0.2) is 0 Å². The van der Waals surface area contributed by atoms with Crippen LogP contribution in [0.2, 0.25) is 0 Å². The smallest absolute Gasteiger partial charge is 0.245 e. The molecule has 0 aromatic heterocycles. The van der Waals surface area contributed by atoms with E-state index in [1.165, 1.54) is 19.2 Å². The number of amides is 2. The van der Waals surface area contributed by atoms with Crippen molar-refractivity contribution in [3.63, 3.8) is 0 Å². The van der Waals surface area contributed by atoms with Crippen LogP contribution < -0.4 is 15.4 Å². The summed E-state index contributed by atoms with van der Waals surface area (Å²) in [6, 6.07) is 15.2. The monoisotopic (exact) mass is 595 g/mol.